The average molecular weight is 252 g/mol. The summed E-state index contributed by atoms with van der Waals surface area (Å²) >= 11 is 0. The van der Waals surface area contributed by atoms with E-state index in [0.29, 0.717) is 24.0 Å². The van der Waals surface area contributed by atoms with E-state index in [9.17, 15) is 4.79 Å². The molecule has 0 aromatic heterocycles. The monoisotopic (exact) mass is 252 g/mol. The average Bonchev–Trinajstić information content (AvgIpc) is 2.35. The highest BCUT2D eigenvalue weighted by Crippen LogP contribution is 2.45. The second kappa shape index (κ2) is 3.86. The van der Waals surface area contributed by atoms with Crippen molar-refractivity contribution in [1.82, 2.24) is 10.2 Å². The summed E-state index contributed by atoms with van der Waals surface area (Å²) in [5.41, 5.74) is -0.399. The SMILES string of the molecule is C[C@@H]1[C@H]2NC[C@@H]3C[C@H]2N(C(=O)OC(C)(C)C)[C@H]1C3. The van der Waals surface area contributed by atoms with Crippen LogP contribution in [0.3, 0.4) is 0 Å². The molecule has 0 aromatic carbocycles. The van der Waals surface area contributed by atoms with Gasteiger partial charge in [0.1, 0.15) is 5.60 Å². The summed E-state index contributed by atoms with van der Waals surface area (Å²) in [6.07, 6.45) is 2.17. The Balaban J connectivity index is 1.81. The van der Waals surface area contributed by atoms with Gasteiger partial charge in [0.15, 0.2) is 0 Å². The molecule has 4 heteroatoms. The second-order valence-electron chi connectivity index (χ2n) is 7.15. The normalized spacial score (nSPS) is 42.2. The number of nitrogens with zero attached hydrogens (tertiary/aromatic N) is 1. The van der Waals surface area contributed by atoms with Gasteiger partial charge in [0.2, 0.25) is 0 Å². The van der Waals surface area contributed by atoms with Crippen LogP contribution in [0.2, 0.25) is 0 Å². The van der Waals surface area contributed by atoms with E-state index in [0.717, 1.165) is 25.3 Å². The molecule has 0 aliphatic carbocycles. The number of fused-ring (bicyclic) bond motifs is 2. The lowest BCUT2D eigenvalue weighted by molar-refractivity contribution is -0.00426. The summed E-state index contributed by atoms with van der Waals surface area (Å²) in [6.45, 7) is 9.21. The molecule has 0 aromatic rings. The predicted octanol–water partition coefficient (Wildman–Crippen LogP) is 1.99. The molecule has 0 radical (unpaired) electrons. The van der Waals surface area contributed by atoms with Crippen molar-refractivity contribution in [2.24, 2.45) is 11.8 Å². The van der Waals surface area contributed by atoms with Crippen LogP contribution in [-0.2, 0) is 4.74 Å². The Bertz CT molecular complexity index is 361. The molecule has 0 unspecified atom stereocenters. The molecule has 3 saturated heterocycles. The third-order valence-corrected chi connectivity index (χ3v) is 4.70. The van der Waals surface area contributed by atoms with E-state index in [-0.39, 0.29) is 6.09 Å². The standard InChI is InChI=1S/C14H24N2O2/c1-8-10-5-9-6-11(12(8)15-7-9)16(10)13(17)18-14(2,3)4/h8-12,15H,5-7H2,1-4H3/t8-,9-,10-,11+,12+/m0/s1. The number of nitrogens with one attached hydrogen (secondary N) is 1. The summed E-state index contributed by atoms with van der Waals surface area (Å²) in [4.78, 5) is 14.4. The molecule has 4 nitrogen and oxygen atoms in total. The molecular weight excluding hydrogens is 228 g/mol. The van der Waals surface area contributed by atoms with Gasteiger partial charge >= 0.3 is 6.09 Å². The molecule has 18 heavy (non-hydrogen) atoms. The Labute approximate surface area is 109 Å². The van der Waals surface area contributed by atoms with Crippen molar-refractivity contribution in [3.63, 3.8) is 0 Å². The fraction of sp³-hybridized carbons (Fsp3) is 0.929. The molecule has 1 N–H and O–H groups in total. The minimum atomic E-state index is -0.399. The topological polar surface area (TPSA) is 41.6 Å². The molecule has 0 saturated carbocycles. The van der Waals surface area contributed by atoms with Crippen molar-refractivity contribution in [2.45, 2.75) is 64.3 Å². The van der Waals surface area contributed by atoms with Crippen molar-refractivity contribution >= 4 is 6.09 Å². The number of amides is 1. The minimum Gasteiger partial charge on any atom is -0.444 e. The smallest absolute Gasteiger partial charge is 0.410 e. The quantitative estimate of drug-likeness (QED) is 0.717. The highest BCUT2D eigenvalue weighted by atomic mass is 16.6. The Hall–Kier alpha value is -0.770. The Morgan fingerprint density at radius 1 is 1.28 bits per heavy atom. The van der Waals surface area contributed by atoms with Crippen LogP contribution >= 0.6 is 0 Å². The van der Waals surface area contributed by atoms with Crippen LogP contribution in [0.15, 0.2) is 0 Å². The van der Waals surface area contributed by atoms with Crippen molar-refractivity contribution in [1.29, 1.82) is 0 Å². The van der Waals surface area contributed by atoms with Crippen LogP contribution in [0.5, 0.6) is 0 Å². The largest absolute Gasteiger partial charge is 0.444 e. The lowest BCUT2D eigenvalue weighted by atomic mass is 9.88. The van der Waals surface area contributed by atoms with Gasteiger partial charge < -0.3 is 15.0 Å². The van der Waals surface area contributed by atoms with Gasteiger partial charge in [-0.3, -0.25) is 0 Å². The fourth-order valence-electron chi connectivity index (χ4n) is 4.01. The number of piperidine rings is 2. The Kier molecular flexibility index (Phi) is 2.63. The third kappa shape index (κ3) is 1.81. The second-order valence-corrected chi connectivity index (χ2v) is 7.15. The van der Waals surface area contributed by atoms with Crippen LogP contribution in [0.1, 0.15) is 40.5 Å². The van der Waals surface area contributed by atoms with Gasteiger partial charge in [-0.15, -0.1) is 0 Å². The van der Waals surface area contributed by atoms with Gasteiger partial charge in [0.25, 0.3) is 0 Å². The van der Waals surface area contributed by atoms with Crippen LogP contribution in [0, 0.1) is 11.8 Å². The van der Waals surface area contributed by atoms with E-state index in [1.54, 1.807) is 0 Å². The molecule has 3 bridgehead atoms. The molecule has 3 fully saturated rings. The lowest BCUT2D eigenvalue weighted by Crippen LogP contribution is -2.56. The molecule has 3 rings (SSSR count). The maximum absolute atomic E-state index is 12.4. The zero-order valence-electron chi connectivity index (χ0n) is 11.8. The first-order valence-electron chi connectivity index (χ1n) is 7.11. The number of carbonyl (C=O) groups excluding carboxylic acids is 1. The number of hydrogen-bond donors (Lipinski definition) is 1. The van der Waals surface area contributed by atoms with Gasteiger partial charge in [-0.1, -0.05) is 6.92 Å². The first-order chi connectivity index (χ1) is 8.37. The first-order valence-corrected chi connectivity index (χ1v) is 7.11. The molecule has 1 amide bonds. The summed E-state index contributed by atoms with van der Waals surface area (Å²) in [5, 5.41) is 3.62. The Morgan fingerprint density at radius 2 is 1.94 bits per heavy atom. The van der Waals surface area contributed by atoms with Gasteiger partial charge in [-0.25, -0.2) is 4.79 Å². The maximum Gasteiger partial charge on any atom is 0.410 e. The van der Waals surface area contributed by atoms with Crippen molar-refractivity contribution in [2.75, 3.05) is 6.54 Å². The highest BCUT2D eigenvalue weighted by molar-refractivity contribution is 5.70. The van der Waals surface area contributed by atoms with Crippen molar-refractivity contribution < 1.29 is 9.53 Å². The van der Waals surface area contributed by atoms with Crippen LogP contribution < -0.4 is 5.32 Å². The summed E-state index contributed by atoms with van der Waals surface area (Å²) in [5.74, 6) is 1.30. The van der Waals surface area contributed by atoms with E-state index < -0.39 is 5.60 Å². The summed E-state index contributed by atoms with van der Waals surface area (Å²) in [7, 11) is 0. The van der Waals surface area contributed by atoms with Gasteiger partial charge in [-0.05, 0) is 52.0 Å². The molecule has 3 aliphatic heterocycles. The zero-order valence-corrected chi connectivity index (χ0v) is 11.8. The molecule has 3 aliphatic rings. The first kappa shape index (κ1) is 12.3. The minimum absolute atomic E-state index is 0.117. The molecular formula is C14H24N2O2. The summed E-state index contributed by atoms with van der Waals surface area (Å²) < 4.78 is 5.57. The van der Waals surface area contributed by atoms with E-state index in [1.165, 1.54) is 0 Å². The van der Waals surface area contributed by atoms with Crippen LogP contribution in [0.25, 0.3) is 0 Å². The zero-order chi connectivity index (χ0) is 13.1. The molecule has 0 spiro atoms. The number of ether oxygens (including phenoxy) is 1. The predicted molar refractivity (Wildman–Crippen MR) is 69.3 cm³/mol. The van der Waals surface area contributed by atoms with E-state index in [2.05, 4.69) is 12.2 Å². The van der Waals surface area contributed by atoms with Gasteiger partial charge in [-0.2, -0.15) is 0 Å². The number of rotatable bonds is 0. The maximum atomic E-state index is 12.4. The van der Waals surface area contributed by atoms with Gasteiger partial charge in [0, 0.05) is 12.1 Å². The van der Waals surface area contributed by atoms with Crippen LogP contribution in [-0.4, -0.2) is 41.3 Å². The highest BCUT2D eigenvalue weighted by Gasteiger charge is 2.56. The molecule has 3 heterocycles. The summed E-state index contributed by atoms with van der Waals surface area (Å²) in [6, 6.07) is 1.21. The van der Waals surface area contributed by atoms with E-state index in [1.807, 2.05) is 25.7 Å². The third-order valence-electron chi connectivity index (χ3n) is 4.70. The van der Waals surface area contributed by atoms with Crippen LogP contribution in [0.4, 0.5) is 4.79 Å². The van der Waals surface area contributed by atoms with Crippen molar-refractivity contribution in [3.8, 4) is 0 Å². The number of hydrogen-bond acceptors (Lipinski definition) is 3. The van der Waals surface area contributed by atoms with E-state index >= 15 is 0 Å². The van der Waals surface area contributed by atoms with E-state index in [4.69, 9.17) is 4.74 Å². The Morgan fingerprint density at radius 3 is 2.61 bits per heavy atom. The van der Waals surface area contributed by atoms with Crippen molar-refractivity contribution in [3.05, 3.63) is 0 Å². The van der Waals surface area contributed by atoms with Gasteiger partial charge in [0.05, 0.1) is 6.04 Å². The number of carbonyl (C=O) groups is 1. The molecule has 102 valence electrons. The molecule has 5 atom stereocenters. The fourth-order valence-corrected chi connectivity index (χ4v) is 4.01. The lowest BCUT2D eigenvalue weighted by Gasteiger charge is -2.43.